The molecule has 4 rings (SSSR count). The standard InChI is InChI=1S/C22H19N3O6/c1-2-29-22(28)15-5-3-4-6-16(15)24-20(26)11-25-12-23-17(10-21(25)27)14-7-8-18-19(9-14)31-13-30-18/h3-10,12H,2,11,13H2,1H3,(H,24,26). The summed E-state index contributed by atoms with van der Waals surface area (Å²) in [6.45, 7) is 1.82. The van der Waals surface area contributed by atoms with Crippen molar-refractivity contribution in [3.8, 4) is 22.8 Å². The third kappa shape index (κ3) is 4.40. The van der Waals surface area contributed by atoms with E-state index >= 15 is 0 Å². The number of fused-ring (bicyclic) bond motifs is 1. The van der Waals surface area contributed by atoms with Gasteiger partial charge in [0.25, 0.3) is 5.56 Å². The van der Waals surface area contributed by atoms with E-state index in [0.29, 0.717) is 28.4 Å². The summed E-state index contributed by atoms with van der Waals surface area (Å²) < 4.78 is 16.8. The Morgan fingerprint density at radius 2 is 1.94 bits per heavy atom. The third-order valence-electron chi connectivity index (χ3n) is 4.56. The molecule has 2 heterocycles. The fourth-order valence-electron chi connectivity index (χ4n) is 3.08. The van der Waals surface area contributed by atoms with Crippen LogP contribution in [0.15, 0.2) is 59.7 Å². The molecule has 0 aliphatic carbocycles. The van der Waals surface area contributed by atoms with Gasteiger partial charge in [0.15, 0.2) is 11.5 Å². The summed E-state index contributed by atoms with van der Waals surface area (Å²) in [6.07, 6.45) is 1.30. The van der Waals surface area contributed by atoms with Crippen molar-refractivity contribution in [3.63, 3.8) is 0 Å². The number of carbonyl (C=O) groups is 2. The molecule has 1 aliphatic rings. The highest BCUT2D eigenvalue weighted by molar-refractivity contribution is 6.01. The van der Waals surface area contributed by atoms with Crippen LogP contribution in [0, 0.1) is 0 Å². The summed E-state index contributed by atoms with van der Waals surface area (Å²) in [7, 11) is 0. The minimum absolute atomic E-state index is 0.155. The second kappa shape index (κ2) is 8.70. The fourth-order valence-corrected chi connectivity index (χ4v) is 3.08. The van der Waals surface area contributed by atoms with Crippen molar-refractivity contribution in [1.82, 2.24) is 9.55 Å². The number of rotatable bonds is 6. The number of nitrogens with one attached hydrogen (secondary N) is 1. The highest BCUT2D eigenvalue weighted by Gasteiger charge is 2.16. The van der Waals surface area contributed by atoms with E-state index in [1.807, 2.05) is 0 Å². The molecule has 0 fully saturated rings. The van der Waals surface area contributed by atoms with E-state index in [2.05, 4.69) is 10.3 Å². The zero-order valence-electron chi connectivity index (χ0n) is 16.7. The fraction of sp³-hybridized carbons (Fsp3) is 0.182. The molecule has 0 radical (unpaired) electrons. The first-order valence-corrected chi connectivity index (χ1v) is 9.57. The monoisotopic (exact) mass is 421 g/mol. The van der Waals surface area contributed by atoms with Gasteiger partial charge in [0.05, 0.1) is 29.9 Å². The lowest BCUT2D eigenvalue weighted by molar-refractivity contribution is -0.116. The van der Waals surface area contributed by atoms with E-state index in [-0.39, 0.29) is 25.5 Å². The highest BCUT2D eigenvalue weighted by atomic mass is 16.7. The van der Waals surface area contributed by atoms with Gasteiger partial charge in [-0.15, -0.1) is 0 Å². The lowest BCUT2D eigenvalue weighted by atomic mass is 10.1. The van der Waals surface area contributed by atoms with Gasteiger partial charge in [-0.3, -0.25) is 14.2 Å². The number of aromatic nitrogens is 2. The Morgan fingerprint density at radius 1 is 1.13 bits per heavy atom. The molecule has 1 amide bonds. The van der Waals surface area contributed by atoms with Crippen LogP contribution in [0.5, 0.6) is 11.5 Å². The quantitative estimate of drug-likeness (QED) is 0.609. The second-order valence-corrected chi connectivity index (χ2v) is 6.62. The predicted octanol–water partition coefficient (Wildman–Crippen LogP) is 2.45. The van der Waals surface area contributed by atoms with Crippen molar-refractivity contribution in [2.24, 2.45) is 0 Å². The zero-order chi connectivity index (χ0) is 21.8. The molecule has 9 nitrogen and oxygen atoms in total. The van der Waals surface area contributed by atoms with Crippen LogP contribution in [0.2, 0.25) is 0 Å². The molecule has 9 heteroatoms. The molecule has 1 aliphatic heterocycles. The molecule has 0 bridgehead atoms. The molecule has 0 unspecified atom stereocenters. The number of hydrogen-bond acceptors (Lipinski definition) is 7. The Bertz CT molecular complexity index is 1200. The van der Waals surface area contributed by atoms with E-state index in [4.69, 9.17) is 14.2 Å². The SMILES string of the molecule is CCOC(=O)c1ccccc1NC(=O)Cn1cnc(-c2ccc3c(c2)OCO3)cc1=O. The van der Waals surface area contributed by atoms with Crippen LogP contribution in [0.3, 0.4) is 0 Å². The summed E-state index contributed by atoms with van der Waals surface area (Å²) in [5, 5.41) is 2.64. The predicted molar refractivity (Wildman–Crippen MR) is 111 cm³/mol. The molecule has 158 valence electrons. The Hall–Kier alpha value is -4.14. The van der Waals surface area contributed by atoms with Crippen molar-refractivity contribution in [1.29, 1.82) is 0 Å². The smallest absolute Gasteiger partial charge is 0.340 e. The van der Waals surface area contributed by atoms with Gasteiger partial charge in [-0.1, -0.05) is 12.1 Å². The molecule has 0 saturated heterocycles. The van der Waals surface area contributed by atoms with Crippen molar-refractivity contribution >= 4 is 17.6 Å². The van der Waals surface area contributed by atoms with Crippen LogP contribution in [0.25, 0.3) is 11.3 Å². The Balaban J connectivity index is 1.49. The van der Waals surface area contributed by atoms with E-state index in [1.54, 1.807) is 49.4 Å². The van der Waals surface area contributed by atoms with E-state index in [0.717, 1.165) is 0 Å². The number of amides is 1. The van der Waals surface area contributed by atoms with Gasteiger partial charge < -0.3 is 19.5 Å². The van der Waals surface area contributed by atoms with Gasteiger partial charge in [0.2, 0.25) is 12.7 Å². The number of esters is 1. The molecular formula is C22H19N3O6. The van der Waals surface area contributed by atoms with E-state index < -0.39 is 17.4 Å². The molecule has 0 atom stereocenters. The van der Waals surface area contributed by atoms with Crippen LogP contribution in [0.4, 0.5) is 5.69 Å². The average molecular weight is 421 g/mol. The van der Waals surface area contributed by atoms with Crippen molar-refractivity contribution in [2.75, 3.05) is 18.7 Å². The van der Waals surface area contributed by atoms with Crippen LogP contribution in [0.1, 0.15) is 17.3 Å². The number of hydrogen-bond donors (Lipinski definition) is 1. The molecule has 0 saturated carbocycles. The summed E-state index contributed by atoms with van der Waals surface area (Å²) >= 11 is 0. The molecule has 3 aromatic rings. The van der Waals surface area contributed by atoms with Crippen molar-refractivity contribution in [2.45, 2.75) is 13.5 Å². The van der Waals surface area contributed by atoms with Gasteiger partial charge in [-0.25, -0.2) is 9.78 Å². The zero-order valence-corrected chi connectivity index (χ0v) is 16.7. The first kappa shape index (κ1) is 20.1. The maximum Gasteiger partial charge on any atom is 0.340 e. The van der Waals surface area contributed by atoms with Crippen molar-refractivity contribution in [3.05, 3.63) is 70.8 Å². The second-order valence-electron chi connectivity index (χ2n) is 6.62. The molecule has 2 aromatic carbocycles. The number of nitrogens with zero attached hydrogens (tertiary/aromatic N) is 2. The van der Waals surface area contributed by atoms with Crippen molar-refractivity contribution < 1.29 is 23.8 Å². The minimum Gasteiger partial charge on any atom is -0.462 e. The van der Waals surface area contributed by atoms with Gasteiger partial charge in [0.1, 0.15) is 6.54 Å². The molecular weight excluding hydrogens is 402 g/mol. The Kier molecular flexibility index (Phi) is 5.65. The largest absolute Gasteiger partial charge is 0.462 e. The lowest BCUT2D eigenvalue weighted by Gasteiger charge is -2.11. The number of ether oxygens (including phenoxy) is 3. The maximum absolute atomic E-state index is 12.5. The maximum atomic E-state index is 12.5. The van der Waals surface area contributed by atoms with Crippen LogP contribution in [-0.4, -0.2) is 34.8 Å². The van der Waals surface area contributed by atoms with Gasteiger partial charge >= 0.3 is 5.97 Å². The highest BCUT2D eigenvalue weighted by Crippen LogP contribution is 2.35. The summed E-state index contributed by atoms with van der Waals surface area (Å²) in [5.41, 5.74) is 1.30. The number of para-hydroxylation sites is 1. The topological polar surface area (TPSA) is 109 Å². The molecule has 31 heavy (non-hydrogen) atoms. The molecule has 1 aromatic heterocycles. The Morgan fingerprint density at radius 3 is 2.74 bits per heavy atom. The number of benzene rings is 2. The van der Waals surface area contributed by atoms with Crippen LogP contribution in [-0.2, 0) is 16.1 Å². The average Bonchev–Trinajstić information content (AvgIpc) is 3.23. The van der Waals surface area contributed by atoms with Gasteiger partial charge in [-0.2, -0.15) is 0 Å². The summed E-state index contributed by atoms with van der Waals surface area (Å²) in [5.74, 6) is 0.210. The summed E-state index contributed by atoms with van der Waals surface area (Å²) in [6, 6.07) is 13.1. The molecule has 0 spiro atoms. The first-order chi connectivity index (χ1) is 15.0. The van der Waals surface area contributed by atoms with E-state index in [9.17, 15) is 14.4 Å². The first-order valence-electron chi connectivity index (χ1n) is 9.57. The number of carbonyl (C=O) groups excluding carboxylic acids is 2. The minimum atomic E-state index is -0.537. The number of anilines is 1. The van der Waals surface area contributed by atoms with Crippen LogP contribution >= 0.6 is 0 Å². The normalized spacial score (nSPS) is 11.8. The van der Waals surface area contributed by atoms with Gasteiger partial charge in [-0.05, 0) is 37.3 Å². The van der Waals surface area contributed by atoms with Gasteiger partial charge in [0, 0.05) is 11.6 Å². The van der Waals surface area contributed by atoms with E-state index in [1.165, 1.54) is 17.0 Å². The third-order valence-corrected chi connectivity index (χ3v) is 4.56. The molecule has 1 N–H and O–H groups in total. The van der Waals surface area contributed by atoms with Crippen LogP contribution < -0.4 is 20.3 Å². The Labute approximate surface area is 177 Å². The lowest BCUT2D eigenvalue weighted by Crippen LogP contribution is -2.28. The summed E-state index contributed by atoms with van der Waals surface area (Å²) in [4.78, 5) is 41.3.